The molecule has 170 valence electrons. The first-order valence-electron chi connectivity index (χ1n) is 12.2. The number of hydrogen-bond donors (Lipinski definition) is 2. The summed E-state index contributed by atoms with van der Waals surface area (Å²) < 4.78 is 0. The number of carbonyl (C=O) groups is 1. The van der Waals surface area contributed by atoms with Crippen molar-refractivity contribution < 1.29 is 15.0 Å². The molecule has 0 unspecified atom stereocenters. The summed E-state index contributed by atoms with van der Waals surface area (Å²) in [4.78, 5) is 12.0. The fourth-order valence-electron chi connectivity index (χ4n) is 6.88. The molecular formula is C28H40O3. The monoisotopic (exact) mass is 424 g/mol. The smallest absolute Gasteiger partial charge is 0.156 e. The maximum atomic E-state index is 12.1. The molecule has 3 heteroatoms. The Balaban J connectivity index is 1.75. The van der Waals surface area contributed by atoms with Gasteiger partial charge in [0.1, 0.15) is 0 Å². The average Bonchev–Trinajstić information content (AvgIpc) is 2.98. The molecule has 4 rings (SSSR count). The summed E-state index contributed by atoms with van der Waals surface area (Å²) in [5.74, 6) is 2.03. The quantitative estimate of drug-likeness (QED) is 0.582. The second kappa shape index (κ2) is 7.56. The Morgan fingerprint density at radius 2 is 1.77 bits per heavy atom. The summed E-state index contributed by atoms with van der Waals surface area (Å²) in [6, 6.07) is 0. The number of hydrogen-bond acceptors (Lipinski definition) is 3. The third kappa shape index (κ3) is 3.26. The van der Waals surface area contributed by atoms with Gasteiger partial charge < -0.3 is 10.2 Å². The van der Waals surface area contributed by atoms with Gasteiger partial charge in [-0.3, -0.25) is 4.79 Å². The minimum Gasteiger partial charge on any atom is -0.389 e. The van der Waals surface area contributed by atoms with Crippen LogP contribution < -0.4 is 0 Å². The molecule has 0 heterocycles. The van der Waals surface area contributed by atoms with Crippen LogP contribution in [0.4, 0.5) is 0 Å². The fraction of sp³-hybridized carbons (Fsp3) is 0.679. The van der Waals surface area contributed by atoms with E-state index in [0.29, 0.717) is 42.9 Å². The highest BCUT2D eigenvalue weighted by molar-refractivity contribution is 5.92. The minimum atomic E-state index is -1.01. The third-order valence-corrected chi connectivity index (χ3v) is 9.56. The Morgan fingerprint density at radius 3 is 2.45 bits per heavy atom. The highest BCUT2D eigenvalue weighted by Crippen LogP contribution is 2.65. The molecule has 0 radical (unpaired) electrons. The number of carbonyl (C=O) groups excluding carboxylic acids is 1. The van der Waals surface area contributed by atoms with Gasteiger partial charge in [-0.15, -0.1) is 0 Å². The molecule has 1 saturated carbocycles. The Hall–Kier alpha value is -1.45. The number of aliphatic hydroxyl groups excluding tert-OH is 1. The van der Waals surface area contributed by atoms with Crippen LogP contribution in [-0.2, 0) is 4.79 Å². The Morgan fingerprint density at radius 1 is 1.06 bits per heavy atom. The van der Waals surface area contributed by atoms with Gasteiger partial charge in [0.15, 0.2) is 5.78 Å². The molecule has 7 atom stereocenters. The van der Waals surface area contributed by atoms with Crippen LogP contribution in [0.2, 0.25) is 0 Å². The Kier molecular flexibility index (Phi) is 5.54. The van der Waals surface area contributed by atoms with E-state index >= 15 is 0 Å². The van der Waals surface area contributed by atoms with Gasteiger partial charge in [-0.05, 0) is 77.6 Å². The molecule has 0 aliphatic heterocycles. The van der Waals surface area contributed by atoms with E-state index in [0.717, 1.165) is 29.6 Å². The summed E-state index contributed by atoms with van der Waals surface area (Å²) in [5.41, 5.74) is 1.34. The molecule has 0 amide bonds. The van der Waals surface area contributed by atoms with Crippen molar-refractivity contribution in [3.63, 3.8) is 0 Å². The number of rotatable bonds is 4. The average molecular weight is 425 g/mol. The first-order chi connectivity index (χ1) is 14.4. The molecule has 0 aromatic rings. The predicted octanol–water partition coefficient (Wildman–Crippen LogP) is 5.54. The summed E-state index contributed by atoms with van der Waals surface area (Å²) >= 11 is 0. The van der Waals surface area contributed by atoms with Gasteiger partial charge in [-0.25, -0.2) is 0 Å². The number of ketones is 1. The normalized spacial score (nSPS) is 41.8. The molecule has 31 heavy (non-hydrogen) atoms. The van der Waals surface area contributed by atoms with Crippen molar-refractivity contribution in [2.45, 2.75) is 85.4 Å². The lowest BCUT2D eigenvalue weighted by Gasteiger charge is -2.56. The van der Waals surface area contributed by atoms with Crippen LogP contribution in [0.25, 0.3) is 0 Å². The Bertz CT molecular complexity index is 890. The highest BCUT2D eigenvalue weighted by Gasteiger charge is 2.61. The van der Waals surface area contributed by atoms with Crippen LogP contribution in [-0.4, -0.2) is 27.7 Å². The van der Waals surface area contributed by atoms with Crippen LogP contribution in [0.3, 0.4) is 0 Å². The molecule has 2 N–H and O–H groups in total. The summed E-state index contributed by atoms with van der Waals surface area (Å²) in [6.45, 7) is 13.5. The van der Waals surface area contributed by atoms with Crippen molar-refractivity contribution in [1.29, 1.82) is 0 Å². The molecule has 0 aromatic heterocycles. The molecular weight excluding hydrogens is 384 g/mol. The molecule has 4 aliphatic carbocycles. The van der Waals surface area contributed by atoms with Crippen LogP contribution in [0, 0.1) is 34.5 Å². The van der Waals surface area contributed by atoms with Gasteiger partial charge in [-0.2, -0.15) is 0 Å². The van der Waals surface area contributed by atoms with Gasteiger partial charge in [0, 0.05) is 11.8 Å². The van der Waals surface area contributed by atoms with Crippen LogP contribution in [0.15, 0.2) is 47.1 Å². The zero-order valence-corrected chi connectivity index (χ0v) is 20.1. The molecule has 3 nitrogen and oxygen atoms in total. The van der Waals surface area contributed by atoms with E-state index in [2.05, 4.69) is 53.7 Å². The second-order valence-corrected chi connectivity index (χ2v) is 11.5. The van der Waals surface area contributed by atoms with Crippen molar-refractivity contribution in [2.75, 3.05) is 0 Å². The van der Waals surface area contributed by atoms with E-state index in [1.807, 2.05) is 12.2 Å². The summed E-state index contributed by atoms with van der Waals surface area (Å²) in [6.07, 6.45) is 13.4. The van der Waals surface area contributed by atoms with E-state index in [-0.39, 0.29) is 11.2 Å². The van der Waals surface area contributed by atoms with Crippen molar-refractivity contribution in [3.8, 4) is 0 Å². The first kappa shape index (κ1) is 22.7. The van der Waals surface area contributed by atoms with E-state index < -0.39 is 17.1 Å². The van der Waals surface area contributed by atoms with Crippen LogP contribution >= 0.6 is 0 Å². The molecule has 0 bridgehead atoms. The summed E-state index contributed by atoms with van der Waals surface area (Å²) in [7, 11) is 0. The number of fused-ring (bicyclic) bond motifs is 4. The largest absolute Gasteiger partial charge is 0.389 e. The van der Waals surface area contributed by atoms with Crippen molar-refractivity contribution in [2.24, 2.45) is 34.5 Å². The minimum absolute atomic E-state index is 0.113. The van der Waals surface area contributed by atoms with Gasteiger partial charge in [-0.1, -0.05) is 65.8 Å². The SMILES string of the molecule is CC(C)[C@@H](C)/C=C/[C@@H](C)[C@H]1C[C@@H](O)C2=C3C=CC4=CC(=O)CC[C@]4(C)[C@@]3(O)CC[C@@]21C. The lowest BCUT2D eigenvalue weighted by atomic mass is 9.51. The number of aliphatic hydroxyl groups is 2. The zero-order chi connectivity index (χ0) is 22.8. The fourth-order valence-corrected chi connectivity index (χ4v) is 6.88. The van der Waals surface area contributed by atoms with E-state index in [4.69, 9.17) is 0 Å². The molecule has 1 fully saturated rings. The van der Waals surface area contributed by atoms with Crippen molar-refractivity contribution in [3.05, 3.63) is 47.1 Å². The topological polar surface area (TPSA) is 57.5 Å². The lowest BCUT2D eigenvalue weighted by Crippen LogP contribution is -2.55. The van der Waals surface area contributed by atoms with Gasteiger partial charge in [0.05, 0.1) is 11.7 Å². The van der Waals surface area contributed by atoms with E-state index in [9.17, 15) is 15.0 Å². The maximum absolute atomic E-state index is 12.1. The van der Waals surface area contributed by atoms with Crippen LogP contribution in [0.5, 0.6) is 0 Å². The van der Waals surface area contributed by atoms with Crippen molar-refractivity contribution >= 4 is 5.78 Å². The van der Waals surface area contributed by atoms with Gasteiger partial charge in [0.25, 0.3) is 0 Å². The zero-order valence-electron chi connectivity index (χ0n) is 20.1. The molecule has 0 aromatic carbocycles. The predicted molar refractivity (Wildman–Crippen MR) is 125 cm³/mol. The van der Waals surface area contributed by atoms with Crippen LogP contribution in [0.1, 0.15) is 73.6 Å². The highest BCUT2D eigenvalue weighted by atomic mass is 16.3. The maximum Gasteiger partial charge on any atom is 0.156 e. The molecule has 4 aliphatic rings. The second-order valence-electron chi connectivity index (χ2n) is 11.5. The van der Waals surface area contributed by atoms with E-state index in [1.165, 1.54) is 0 Å². The van der Waals surface area contributed by atoms with Gasteiger partial charge >= 0.3 is 0 Å². The third-order valence-electron chi connectivity index (χ3n) is 9.56. The molecule has 0 saturated heterocycles. The lowest BCUT2D eigenvalue weighted by molar-refractivity contribution is -0.118. The Labute approximate surface area is 188 Å². The summed E-state index contributed by atoms with van der Waals surface area (Å²) in [5, 5.41) is 23.3. The van der Waals surface area contributed by atoms with Gasteiger partial charge in [0.2, 0.25) is 0 Å². The molecule has 0 spiro atoms. The van der Waals surface area contributed by atoms with E-state index in [1.54, 1.807) is 6.08 Å². The standard InChI is InChI=1S/C28H40O3/c1-17(2)18(3)7-8-19(4)23-16-24(30)25-22-10-9-20-15-21(29)11-12-27(20,6)28(22,31)14-13-26(23,25)5/h7-10,15,17-19,23-24,30-31H,11-14,16H2,1-6H3/b8-7+/t18-,19+,23+,24+,26+,27-,28+/m0/s1. The van der Waals surface area contributed by atoms with Crippen molar-refractivity contribution in [1.82, 2.24) is 0 Å². The number of allylic oxidation sites excluding steroid dienone is 4. The first-order valence-corrected chi connectivity index (χ1v) is 12.2.